The molecule has 0 unspecified atom stereocenters. The number of nitrogens with one attached hydrogen (secondary N) is 1. The molecule has 1 aliphatic heterocycles. The van der Waals surface area contributed by atoms with Crippen LogP contribution in [0.2, 0.25) is 0 Å². The summed E-state index contributed by atoms with van der Waals surface area (Å²) in [6, 6.07) is 11.5. The van der Waals surface area contributed by atoms with Crippen molar-refractivity contribution in [2.24, 2.45) is 0 Å². The molecule has 1 aliphatic rings. The van der Waals surface area contributed by atoms with Gasteiger partial charge in [-0.25, -0.2) is 0 Å². The minimum Gasteiger partial charge on any atom is -0.497 e. The molecular weight excluding hydrogens is 334 g/mol. The molecule has 0 aromatic heterocycles. The lowest BCUT2D eigenvalue weighted by atomic mass is 10.1. The second-order valence-corrected chi connectivity index (χ2v) is 6.19. The van der Waals surface area contributed by atoms with Crippen LogP contribution in [0.3, 0.4) is 0 Å². The number of nitro benzene ring substituents is 1. The van der Waals surface area contributed by atoms with Gasteiger partial charge >= 0.3 is 0 Å². The van der Waals surface area contributed by atoms with Gasteiger partial charge in [-0.1, -0.05) is 6.07 Å². The Balaban J connectivity index is 1.92. The molecule has 2 aromatic carbocycles. The summed E-state index contributed by atoms with van der Waals surface area (Å²) >= 11 is 0. The Morgan fingerprint density at radius 3 is 2.62 bits per heavy atom. The summed E-state index contributed by atoms with van der Waals surface area (Å²) in [4.78, 5) is 25.6. The van der Waals surface area contributed by atoms with E-state index in [1.807, 2.05) is 0 Å². The van der Waals surface area contributed by atoms with Gasteiger partial charge in [0.1, 0.15) is 5.75 Å². The molecule has 3 rings (SSSR count). The number of anilines is 2. The van der Waals surface area contributed by atoms with E-state index in [1.165, 1.54) is 12.1 Å². The maximum absolute atomic E-state index is 12.9. The van der Waals surface area contributed by atoms with E-state index in [0.29, 0.717) is 17.0 Å². The van der Waals surface area contributed by atoms with Crippen LogP contribution in [-0.4, -0.2) is 31.0 Å². The molecule has 0 bridgehead atoms. The molecule has 0 aliphatic carbocycles. The minimum absolute atomic E-state index is 0.0958. The van der Waals surface area contributed by atoms with Crippen molar-refractivity contribution in [3.63, 3.8) is 0 Å². The van der Waals surface area contributed by atoms with Crippen molar-refractivity contribution in [2.75, 3.05) is 30.4 Å². The van der Waals surface area contributed by atoms with Crippen LogP contribution in [0.15, 0.2) is 42.5 Å². The fourth-order valence-electron chi connectivity index (χ4n) is 3.13. The van der Waals surface area contributed by atoms with E-state index in [-0.39, 0.29) is 11.6 Å². The van der Waals surface area contributed by atoms with Crippen LogP contribution in [0, 0.1) is 10.1 Å². The zero-order valence-corrected chi connectivity index (χ0v) is 14.6. The van der Waals surface area contributed by atoms with Crippen molar-refractivity contribution in [2.45, 2.75) is 19.3 Å². The maximum Gasteiger partial charge on any atom is 0.270 e. The average molecular weight is 355 g/mol. The van der Waals surface area contributed by atoms with Crippen molar-refractivity contribution < 1.29 is 14.5 Å². The van der Waals surface area contributed by atoms with Gasteiger partial charge < -0.3 is 15.0 Å². The average Bonchev–Trinajstić information content (AvgIpc) is 2.68. The van der Waals surface area contributed by atoms with Crippen LogP contribution in [0.4, 0.5) is 17.1 Å². The van der Waals surface area contributed by atoms with Crippen molar-refractivity contribution in [3.8, 4) is 5.75 Å². The largest absolute Gasteiger partial charge is 0.497 e. The molecule has 1 amide bonds. The topological polar surface area (TPSA) is 84.7 Å². The fourth-order valence-corrected chi connectivity index (χ4v) is 3.13. The second kappa shape index (κ2) is 7.86. The molecule has 7 nitrogen and oxygen atoms in total. The van der Waals surface area contributed by atoms with Crippen LogP contribution in [0.25, 0.3) is 0 Å². The molecular formula is C19H21N3O4. The van der Waals surface area contributed by atoms with Crippen LogP contribution in [-0.2, 0) is 0 Å². The first-order chi connectivity index (χ1) is 12.6. The lowest BCUT2D eigenvalue weighted by Crippen LogP contribution is -2.31. The number of ether oxygens (including phenoxy) is 1. The molecule has 26 heavy (non-hydrogen) atoms. The van der Waals surface area contributed by atoms with Crippen molar-refractivity contribution >= 4 is 23.0 Å². The predicted molar refractivity (Wildman–Crippen MR) is 100 cm³/mol. The molecule has 0 atom stereocenters. The molecule has 136 valence electrons. The van der Waals surface area contributed by atoms with Gasteiger partial charge in [-0.3, -0.25) is 14.9 Å². The number of hydrogen-bond acceptors (Lipinski definition) is 5. The normalized spacial score (nSPS) is 14.0. The minimum atomic E-state index is -0.484. The van der Waals surface area contributed by atoms with Gasteiger partial charge in [-0.15, -0.1) is 0 Å². The number of nitrogens with zero attached hydrogens (tertiary/aromatic N) is 2. The Hall–Kier alpha value is -3.09. The van der Waals surface area contributed by atoms with E-state index < -0.39 is 4.92 Å². The quantitative estimate of drug-likeness (QED) is 0.650. The molecule has 1 saturated heterocycles. The molecule has 1 N–H and O–H groups in total. The number of carbonyl (C=O) groups is 1. The lowest BCUT2D eigenvalue weighted by molar-refractivity contribution is -0.384. The highest BCUT2D eigenvalue weighted by Crippen LogP contribution is 2.29. The highest BCUT2D eigenvalue weighted by atomic mass is 16.6. The summed E-state index contributed by atoms with van der Waals surface area (Å²) in [5, 5.41) is 14.0. The van der Waals surface area contributed by atoms with Crippen LogP contribution >= 0.6 is 0 Å². The summed E-state index contributed by atoms with van der Waals surface area (Å²) < 4.78 is 5.16. The van der Waals surface area contributed by atoms with Crippen LogP contribution < -0.4 is 15.0 Å². The number of hydrogen-bond donors (Lipinski definition) is 1. The summed E-state index contributed by atoms with van der Waals surface area (Å²) in [6.45, 7) is 1.69. The Kier molecular flexibility index (Phi) is 5.36. The Morgan fingerprint density at radius 2 is 1.92 bits per heavy atom. The summed E-state index contributed by atoms with van der Waals surface area (Å²) in [5.74, 6) is 0.251. The third-order valence-electron chi connectivity index (χ3n) is 4.46. The number of carbonyl (C=O) groups excluding carboxylic acids is 1. The number of benzene rings is 2. The van der Waals surface area contributed by atoms with Gasteiger partial charge in [-0.05, 0) is 37.5 Å². The fraction of sp³-hybridized carbons (Fsp3) is 0.316. The molecule has 0 saturated carbocycles. The van der Waals surface area contributed by atoms with Crippen molar-refractivity contribution in [1.82, 2.24) is 0 Å². The predicted octanol–water partition coefficient (Wildman–Crippen LogP) is 3.85. The Morgan fingerprint density at radius 1 is 1.15 bits per heavy atom. The third kappa shape index (κ3) is 3.93. The van der Waals surface area contributed by atoms with E-state index in [2.05, 4.69) is 10.2 Å². The zero-order valence-electron chi connectivity index (χ0n) is 14.6. The number of piperidine rings is 1. The second-order valence-electron chi connectivity index (χ2n) is 6.19. The third-order valence-corrected chi connectivity index (χ3v) is 4.46. The molecule has 1 heterocycles. The highest BCUT2D eigenvalue weighted by Gasteiger charge is 2.22. The van der Waals surface area contributed by atoms with Gasteiger partial charge in [0.25, 0.3) is 11.6 Å². The summed E-state index contributed by atoms with van der Waals surface area (Å²) in [5.41, 5.74) is 1.52. The zero-order chi connectivity index (χ0) is 18.5. The van der Waals surface area contributed by atoms with Gasteiger partial charge in [0.2, 0.25) is 0 Å². The van der Waals surface area contributed by atoms with Crippen LogP contribution in [0.5, 0.6) is 5.75 Å². The van der Waals surface area contributed by atoms with E-state index >= 15 is 0 Å². The molecule has 1 fully saturated rings. The van der Waals surface area contributed by atoms with Crippen molar-refractivity contribution in [3.05, 3.63) is 58.1 Å². The summed E-state index contributed by atoms with van der Waals surface area (Å²) in [6.07, 6.45) is 3.26. The number of rotatable bonds is 5. The number of amides is 1. The van der Waals surface area contributed by atoms with E-state index in [9.17, 15) is 14.9 Å². The Labute approximate surface area is 151 Å². The van der Waals surface area contributed by atoms with E-state index in [1.54, 1.807) is 37.4 Å². The highest BCUT2D eigenvalue weighted by molar-refractivity contribution is 6.08. The van der Waals surface area contributed by atoms with Gasteiger partial charge in [0, 0.05) is 37.0 Å². The monoisotopic (exact) mass is 355 g/mol. The first-order valence-electron chi connectivity index (χ1n) is 8.57. The van der Waals surface area contributed by atoms with Gasteiger partial charge in [0.15, 0.2) is 0 Å². The molecule has 7 heteroatoms. The van der Waals surface area contributed by atoms with E-state index in [4.69, 9.17) is 4.74 Å². The number of non-ortho nitro benzene ring substituents is 1. The number of nitro groups is 1. The summed E-state index contributed by atoms with van der Waals surface area (Å²) in [7, 11) is 1.55. The maximum atomic E-state index is 12.9. The molecule has 0 spiro atoms. The van der Waals surface area contributed by atoms with Gasteiger partial charge in [0.05, 0.1) is 23.3 Å². The van der Waals surface area contributed by atoms with Crippen molar-refractivity contribution in [1.29, 1.82) is 0 Å². The molecule has 0 radical (unpaired) electrons. The number of methoxy groups -OCH3 is 1. The smallest absolute Gasteiger partial charge is 0.270 e. The standard InChI is InChI=1S/C19H21N3O4/c1-26-16-7-5-6-14(12-16)20-19(23)17-13-15(22(24)25)8-9-18(17)21-10-3-2-4-11-21/h5-9,12-13H,2-4,10-11H2,1H3,(H,20,23). The molecule has 2 aromatic rings. The first kappa shape index (κ1) is 17.7. The van der Waals surface area contributed by atoms with Crippen LogP contribution in [0.1, 0.15) is 29.6 Å². The van der Waals surface area contributed by atoms with E-state index in [0.717, 1.165) is 38.0 Å². The Bertz CT molecular complexity index is 816. The van der Waals surface area contributed by atoms with Gasteiger partial charge in [-0.2, -0.15) is 0 Å². The lowest BCUT2D eigenvalue weighted by Gasteiger charge is -2.30. The SMILES string of the molecule is COc1cccc(NC(=O)c2cc([N+](=O)[O-])ccc2N2CCCCC2)c1. The first-order valence-corrected chi connectivity index (χ1v) is 8.57.